The highest BCUT2D eigenvalue weighted by Crippen LogP contribution is 2.31. The third-order valence-electron chi connectivity index (χ3n) is 5.64. The van der Waals surface area contributed by atoms with Crippen molar-refractivity contribution in [2.75, 3.05) is 31.2 Å². The van der Waals surface area contributed by atoms with Crippen molar-refractivity contribution in [3.8, 4) is 17.1 Å². The summed E-state index contributed by atoms with van der Waals surface area (Å²) in [5.74, 6) is 1.75. The lowest BCUT2D eigenvalue weighted by molar-refractivity contribution is -0.00546. The summed E-state index contributed by atoms with van der Waals surface area (Å²) in [7, 11) is 0. The molecule has 2 fully saturated rings. The molecule has 3 aromatic rings. The van der Waals surface area contributed by atoms with Crippen LogP contribution >= 0.6 is 0 Å². The average molecular weight is 409 g/mol. The average Bonchev–Trinajstić information content (AvgIpc) is 3.17. The fourth-order valence-corrected chi connectivity index (χ4v) is 4.26. The molecule has 30 heavy (non-hydrogen) atoms. The van der Waals surface area contributed by atoms with Crippen LogP contribution in [0.4, 0.5) is 5.82 Å². The first-order valence-electron chi connectivity index (χ1n) is 10.6. The molecule has 2 atom stereocenters. The lowest BCUT2D eigenvalue weighted by Gasteiger charge is -2.36. The molecule has 0 radical (unpaired) electrons. The first kappa shape index (κ1) is 19.3. The van der Waals surface area contributed by atoms with Crippen LogP contribution in [0.2, 0.25) is 0 Å². The van der Waals surface area contributed by atoms with Gasteiger partial charge < -0.3 is 19.1 Å². The predicted octanol–water partition coefficient (Wildman–Crippen LogP) is 3.19. The number of morpholine rings is 1. The van der Waals surface area contributed by atoms with Gasteiger partial charge in [-0.15, -0.1) is 0 Å². The number of hydrogen-bond donors (Lipinski definition) is 1. The number of hydrogen-bond acceptors (Lipinski definition) is 7. The van der Waals surface area contributed by atoms with E-state index >= 15 is 0 Å². The molecule has 1 N–H and O–H groups in total. The van der Waals surface area contributed by atoms with Crippen molar-refractivity contribution in [1.82, 2.24) is 20.2 Å². The minimum atomic E-state index is 0.170. The maximum atomic E-state index is 6.19. The van der Waals surface area contributed by atoms with Crippen molar-refractivity contribution in [2.45, 2.75) is 45.0 Å². The molecule has 0 bridgehead atoms. The van der Waals surface area contributed by atoms with Crippen molar-refractivity contribution in [1.29, 1.82) is 0 Å². The van der Waals surface area contributed by atoms with Gasteiger partial charge in [0.1, 0.15) is 29.7 Å². The SMILES string of the molecule is CC1CN(c2cc(-c3n[nH]c4ccc(OC5CCOCC5)cc34)ncn2)C[C@@H](C)O1. The van der Waals surface area contributed by atoms with E-state index in [9.17, 15) is 0 Å². The second-order valence-electron chi connectivity index (χ2n) is 8.13. The van der Waals surface area contributed by atoms with E-state index in [1.165, 1.54) is 0 Å². The quantitative estimate of drug-likeness (QED) is 0.708. The summed E-state index contributed by atoms with van der Waals surface area (Å²) in [5, 5.41) is 8.64. The Morgan fingerprint density at radius 1 is 1.07 bits per heavy atom. The Hall–Kier alpha value is -2.71. The minimum absolute atomic E-state index is 0.170. The van der Waals surface area contributed by atoms with Crippen molar-refractivity contribution < 1.29 is 14.2 Å². The van der Waals surface area contributed by atoms with Crippen LogP contribution in [0.25, 0.3) is 22.3 Å². The van der Waals surface area contributed by atoms with Gasteiger partial charge in [-0.25, -0.2) is 9.97 Å². The molecule has 0 amide bonds. The van der Waals surface area contributed by atoms with Crippen LogP contribution in [0.5, 0.6) is 5.75 Å². The Balaban J connectivity index is 1.43. The molecule has 2 aliphatic rings. The summed E-state index contributed by atoms with van der Waals surface area (Å²) in [6, 6.07) is 8.05. The van der Waals surface area contributed by atoms with Gasteiger partial charge in [-0.05, 0) is 32.0 Å². The summed E-state index contributed by atoms with van der Waals surface area (Å²) < 4.78 is 17.5. The van der Waals surface area contributed by atoms with E-state index < -0.39 is 0 Å². The Labute approximate surface area is 175 Å². The second kappa shape index (κ2) is 8.20. The minimum Gasteiger partial charge on any atom is -0.490 e. The van der Waals surface area contributed by atoms with E-state index in [1.807, 2.05) is 24.3 Å². The fraction of sp³-hybridized carbons (Fsp3) is 0.500. The number of fused-ring (bicyclic) bond motifs is 1. The normalized spacial score (nSPS) is 23.1. The highest BCUT2D eigenvalue weighted by Gasteiger charge is 2.24. The van der Waals surface area contributed by atoms with Gasteiger partial charge in [-0.3, -0.25) is 5.10 Å². The van der Waals surface area contributed by atoms with Gasteiger partial charge in [0.15, 0.2) is 0 Å². The zero-order valence-electron chi connectivity index (χ0n) is 17.4. The van der Waals surface area contributed by atoms with Crippen LogP contribution in [-0.2, 0) is 9.47 Å². The fourth-order valence-electron chi connectivity index (χ4n) is 4.26. The zero-order valence-corrected chi connectivity index (χ0v) is 17.4. The van der Waals surface area contributed by atoms with E-state index in [4.69, 9.17) is 14.2 Å². The number of benzene rings is 1. The number of nitrogens with one attached hydrogen (secondary N) is 1. The third kappa shape index (κ3) is 3.97. The van der Waals surface area contributed by atoms with E-state index in [0.29, 0.717) is 0 Å². The van der Waals surface area contributed by atoms with Gasteiger partial charge in [0.25, 0.3) is 0 Å². The molecule has 0 saturated carbocycles. The number of rotatable bonds is 4. The lowest BCUT2D eigenvalue weighted by atomic mass is 10.1. The molecule has 1 unspecified atom stereocenters. The molecule has 0 spiro atoms. The summed E-state index contributed by atoms with van der Waals surface area (Å²) in [4.78, 5) is 11.3. The molecule has 1 aromatic carbocycles. The maximum absolute atomic E-state index is 6.19. The van der Waals surface area contributed by atoms with E-state index in [-0.39, 0.29) is 18.3 Å². The summed E-state index contributed by atoms with van der Waals surface area (Å²) >= 11 is 0. The van der Waals surface area contributed by atoms with Crippen molar-refractivity contribution in [3.05, 3.63) is 30.6 Å². The van der Waals surface area contributed by atoms with Crippen molar-refractivity contribution in [3.63, 3.8) is 0 Å². The Kier molecular flexibility index (Phi) is 5.26. The second-order valence-corrected chi connectivity index (χ2v) is 8.13. The molecule has 8 nitrogen and oxygen atoms in total. The Bertz CT molecular complexity index is 1010. The van der Waals surface area contributed by atoms with E-state index in [2.05, 4.69) is 38.9 Å². The molecule has 158 valence electrons. The van der Waals surface area contributed by atoms with Crippen LogP contribution in [-0.4, -0.2) is 64.8 Å². The smallest absolute Gasteiger partial charge is 0.132 e. The number of anilines is 1. The molecule has 2 saturated heterocycles. The van der Waals surface area contributed by atoms with Gasteiger partial charge >= 0.3 is 0 Å². The van der Waals surface area contributed by atoms with Gasteiger partial charge in [0, 0.05) is 37.4 Å². The van der Waals surface area contributed by atoms with Crippen LogP contribution < -0.4 is 9.64 Å². The number of aromatic amines is 1. The van der Waals surface area contributed by atoms with Crippen LogP contribution in [0.1, 0.15) is 26.7 Å². The molecular weight excluding hydrogens is 382 g/mol. The van der Waals surface area contributed by atoms with Gasteiger partial charge in [-0.2, -0.15) is 5.10 Å². The summed E-state index contributed by atoms with van der Waals surface area (Å²) in [6.07, 6.45) is 3.98. The molecule has 2 aromatic heterocycles. The molecule has 0 aliphatic carbocycles. The Morgan fingerprint density at radius 2 is 1.87 bits per heavy atom. The molecule has 4 heterocycles. The molecule has 2 aliphatic heterocycles. The largest absolute Gasteiger partial charge is 0.490 e. The zero-order chi connectivity index (χ0) is 20.5. The number of H-pyrrole nitrogens is 1. The summed E-state index contributed by atoms with van der Waals surface area (Å²) in [5.41, 5.74) is 2.56. The molecular formula is C22H27N5O3. The van der Waals surface area contributed by atoms with Gasteiger partial charge in [0.05, 0.1) is 36.6 Å². The van der Waals surface area contributed by atoms with Crippen LogP contribution in [0.3, 0.4) is 0 Å². The molecule has 5 rings (SSSR count). The molecule has 8 heteroatoms. The van der Waals surface area contributed by atoms with E-state index in [1.54, 1.807) is 6.33 Å². The Morgan fingerprint density at radius 3 is 2.67 bits per heavy atom. The van der Waals surface area contributed by atoms with Crippen molar-refractivity contribution in [2.24, 2.45) is 0 Å². The topological polar surface area (TPSA) is 85.4 Å². The first-order chi connectivity index (χ1) is 14.7. The van der Waals surface area contributed by atoms with Crippen LogP contribution in [0, 0.1) is 0 Å². The van der Waals surface area contributed by atoms with Gasteiger partial charge in [-0.1, -0.05) is 0 Å². The third-order valence-corrected chi connectivity index (χ3v) is 5.64. The lowest BCUT2D eigenvalue weighted by Crippen LogP contribution is -2.45. The first-order valence-corrected chi connectivity index (χ1v) is 10.6. The van der Waals surface area contributed by atoms with Gasteiger partial charge in [0.2, 0.25) is 0 Å². The van der Waals surface area contributed by atoms with Crippen LogP contribution in [0.15, 0.2) is 30.6 Å². The number of aromatic nitrogens is 4. The number of ether oxygens (including phenoxy) is 3. The standard InChI is InChI=1S/C22H27N5O3/c1-14-11-27(12-15(2)29-14)21-10-20(23-13-24-21)22-18-9-17(3-4-19(18)25-26-22)30-16-5-7-28-8-6-16/h3-4,9-10,13-16H,5-8,11-12H2,1-2H3,(H,25,26)/t14-,15?/m1/s1. The summed E-state index contributed by atoms with van der Waals surface area (Å²) in [6.45, 7) is 7.31. The predicted molar refractivity (Wildman–Crippen MR) is 114 cm³/mol. The monoisotopic (exact) mass is 409 g/mol. The number of nitrogens with zero attached hydrogens (tertiary/aromatic N) is 4. The van der Waals surface area contributed by atoms with Crippen molar-refractivity contribution >= 4 is 16.7 Å². The highest BCUT2D eigenvalue weighted by molar-refractivity contribution is 5.93. The maximum Gasteiger partial charge on any atom is 0.132 e. The van der Waals surface area contributed by atoms with E-state index in [0.717, 1.165) is 73.0 Å². The highest BCUT2D eigenvalue weighted by atomic mass is 16.5.